The van der Waals surface area contributed by atoms with Gasteiger partial charge in [0.1, 0.15) is 23.9 Å². The number of carbonyl (C=O) groups excluding carboxylic acids is 2. The van der Waals surface area contributed by atoms with Gasteiger partial charge in [0.05, 0.1) is 16.3 Å². The number of nitrogens with zero attached hydrogens (tertiary/aromatic N) is 2. The fourth-order valence-corrected chi connectivity index (χ4v) is 4.55. The van der Waals surface area contributed by atoms with Crippen molar-refractivity contribution in [3.63, 3.8) is 0 Å². The summed E-state index contributed by atoms with van der Waals surface area (Å²) in [4.78, 5) is 27.7. The van der Waals surface area contributed by atoms with Crippen LogP contribution in [-0.2, 0) is 24.9 Å². The second kappa shape index (κ2) is 9.11. The zero-order valence-electron chi connectivity index (χ0n) is 18.2. The smallest absolute Gasteiger partial charge is 0.286 e. The minimum atomic E-state index is -0.390. The fourth-order valence-electron chi connectivity index (χ4n) is 3.69. The van der Waals surface area contributed by atoms with E-state index >= 15 is 0 Å². The first-order valence-corrected chi connectivity index (χ1v) is 11.5. The number of aromatic nitrogens is 2. The van der Waals surface area contributed by atoms with Gasteiger partial charge in [-0.1, -0.05) is 36.0 Å². The van der Waals surface area contributed by atoms with Gasteiger partial charge < -0.3 is 19.1 Å². The van der Waals surface area contributed by atoms with Crippen molar-refractivity contribution in [1.29, 1.82) is 0 Å². The molecule has 4 aromatic rings. The molecule has 0 aliphatic carbocycles. The van der Waals surface area contributed by atoms with E-state index in [1.807, 2.05) is 54.1 Å². The van der Waals surface area contributed by atoms with Crippen molar-refractivity contribution < 1.29 is 24.2 Å². The summed E-state index contributed by atoms with van der Waals surface area (Å²) in [6.07, 6.45) is 0.485. The number of amides is 2. The molecule has 1 aliphatic heterocycles. The number of thioether (sulfide) groups is 1. The van der Waals surface area contributed by atoms with Gasteiger partial charge in [-0.3, -0.25) is 14.9 Å². The summed E-state index contributed by atoms with van der Waals surface area (Å²) in [6, 6.07) is 19.8. The van der Waals surface area contributed by atoms with Gasteiger partial charge in [0.2, 0.25) is 5.91 Å². The number of fused-ring (bicyclic) bond motifs is 1. The van der Waals surface area contributed by atoms with E-state index in [1.165, 1.54) is 0 Å². The number of phenols is 1. The predicted molar refractivity (Wildman–Crippen MR) is 128 cm³/mol. The Morgan fingerprint density at radius 1 is 1.06 bits per heavy atom. The van der Waals surface area contributed by atoms with Crippen LogP contribution in [0.15, 0.2) is 66.7 Å². The molecule has 1 aromatic heterocycles. The predicted octanol–water partition coefficient (Wildman–Crippen LogP) is 4.54. The van der Waals surface area contributed by atoms with E-state index in [9.17, 15) is 14.7 Å². The number of hydrogen-bond acceptors (Lipinski definition) is 7. The summed E-state index contributed by atoms with van der Waals surface area (Å²) in [5.41, 5.74) is 2.64. The third kappa shape index (κ3) is 4.55. The van der Waals surface area contributed by atoms with Crippen molar-refractivity contribution in [3.05, 3.63) is 78.1 Å². The van der Waals surface area contributed by atoms with Crippen molar-refractivity contribution in [3.8, 4) is 23.0 Å². The minimum Gasteiger partial charge on any atom is -0.504 e. The Kier molecular flexibility index (Phi) is 5.85. The highest BCUT2D eigenvalue weighted by molar-refractivity contribution is 8.15. The maximum atomic E-state index is 11.7. The van der Waals surface area contributed by atoms with Crippen molar-refractivity contribution in [2.24, 2.45) is 7.05 Å². The van der Waals surface area contributed by atoms with Crippen LogP contribution in [0, 0.1) is 0 Å². The number of nitrogens with one attached hydrogen (secondary N) is 1. The first-order valence-electron chi connectivity index (χ1n) is 10.6. The molecule has 3 aromatic carbocycles. The molecular formula is C25H21N3O5S. The summed E-state index contributed by atoms with van der Waals surface area (Å²) < 4.78 is 13.7. The Morgan fingerprint density at radius 3 is 2.56 bits per heavy atom. The molecule has 34 heavy (non-hydrogen) atoms. The van der Waals surface area contributed by atoms with Gasteiger partial charge >= 0.3 is 0 Å². The van der Waals surface area contributed by atoms with Crippen molar-refractivity contribution in [1.82, 2.24) is 14.9 Å². The fraction of sp³-hybridized carbons (Fsp3) is 0.160. The number of ether oxygens (including phenoxy) is 2. The number of aromatic hydroxyl groups is 1. The molecule has 1 aliphatic rings. The zero-order chi connectivity index (χ0) is 23.7. The molecule has 1 unspecified atom stereocenters. The molecule has 2 amide bonds. The van der Waals surface area contributed by atoms with Gasteiger partial charge in [-0.05, 0) is 48.4 Å². The van der Waals surface area contributed by atoms with Crippen LogP contribution >= 0.6 is 11.8 Å². The second-order valence-electron chi connectivity index (χ2n) is 7.83. The van der Waals surface area contributed by atoms with E-state index in [1.54, 1.807) is 24.3 Å². The monoisotopic (exact) mass is 475 g/mol. The summed E-state index contributed by atoms with van der Waals surface area (Å²) in [6.45, 7) is 0.273. The lowest BCUT2D eigenvalue weighted by Crippen LogP contribution is -2.25. The Morgan fingerprint density at radius 2 is 1.82 bits per heavy atom. The molecular weight excluding hydrogens is 454 g/mol. The topological polar surface area (TPSA) is 103 Å². The molecule has 8 nitrogen and oxygen atoms in total. The molecule has 0 spiro atoms. The molecule has 0 bridgehead atoms. The van der Waals surface area contributed by atoms with Crippen LogP contribution in [0.25, 0.3) is 11.0 Å². The summed E-state index contributed by atoms with van der Waals surface area (Å²) in [7, 11) is 1.91. The van der Waals surface area contributed by atoms with Gasteiger partial charge in [0.15, 0.2) is 11.5 Å². The lowest BCUT2D eigenvalue weighted by molar-refractivity contribution is -0.118. The van der Waals surface area contributed by atoms with Gasteiger partial charge in [-0.2, -0.15) is 0 Å². The Balaban J connectivity index is 1.25. The number of rotatable bonds is 7. The lowest BCUT2D eigenvalue weighted by Gasteiger charge is -2.09. The Bertz CT molecular complexity index is 1380. The summed E-state index contributed by atoms with van der Waals surface area (Å²) in [5, 5.41) is 11.6. The zero-order valence-corrected chi connectivity index (χ0v) is 19.0. The second-order valence-corrected chi connectivity index (χ2v) is 9.00. The number of benzene rings is 3. The largest absolute Gasteiger partial charge is 0.504 e. The first kappa shape index (κ1) is 21.8. The Hall–Kier alpha value is -3.98. The van der Waals surface area contributed by atoms with Crippen LogP contribution in [0.5, 0.6) is 23.0 Å². The standard InChI is InChI=1S/C25H21N3O5S/c1-28-19-13-17(33-21-5-3-2-4-20(21)29)10-11-18(19)26-23(28)14-32-16-8-6-15(7-9-16)12-22-24(30)27-25(31)34-22/h2-11,13,22,29H,12,14H2,1H3,(H,27,30,31). The molecule has 1 atom stereocenters. The van der Waals surface area contributed by atoms with Gasteiger partial charge in [0, 0.05) is 13.1 Å². The van der Waals surface area contributed by atoms with Crippen LogP contribution in [0.4, 0.5) is 4.79 Å². The summed E-state index contributed by atoms with van der Waals surface area (Å²) in [5.74, 6) is 2.23. The first-order chi connectivity index (χ1) is 16.5. The average molecular weight is 476 g/mol. The molecule has 9 heteroatoms. The number of carbonyl (C=O) groups is 2. The Labute approximate surface area is 199 Å². The van der Waals surface area contributed by atoms with E-state index < -0.39 is 0 Å². The van der Waals surface area contributed by atoms with E-state index in [0.29, 0.717) is 23.7 Å². The van der Waals surface area contributed by atoms with Crippen LogP contribution < -0.4 is 14.8 Å². The van der Waals surface area contributed by atoms with Crippen LogP contribution in [0.3, 0.4) is 0 Å². The highest BCUT2D eigenvalue weighted by atomic mass is 32.2. The van der Waals surface area contributed by atoms with Gasteiger partial charge in [-0.15, -0.1) is 0 Å². The molecule has 172 valence electrons. The maximum Gasteiger partial charge on any atom is 0.286 e. The third-order valence-electron chi connectivity index (χ3n) is 5.52. The number of phenolic OH excluding ortho intramolecular Hbond substituents is 1. The molecule has 5 rings (SSSR count). The normalized spacial score (nSPS) is 15.5. The summed E-state index contributed by atoms with van der Waals surface area (Å²) >= 11 is 1.02. The van der Waals surface area contributed by atoms with E-state index in [0.717, 1.165) is 34.2 Å². The lowest BCUT2D eigenvalue weighted by atomic mass is 10.1. The highest BCUT2D eigenvalue weighted by Crippen LogP contribution is 2.32. The van der Waals surface area contributed by atoms with Gasteiger partial charge in [0.25, 0.3) is 5.24 Å². The molecule has 2 N–H and O–H groups in total. The van der Waals surface area contributed by atoms with Crippen LogP contribution in [-0.4, -0.2) is 31.1 Å². The van der Waals surface area contributed by atoms with Crippen molar-refractivity contribution in [2.45, 2.75) is 18.3 Å². The number of imidazole rings is 1. The third-order valence-corrected chi connectivity index (χ3v) is 6.50. The molecule has 2 heterocycles. The van der Waals surface area contributed by atoms with E-state index in [4.69, 9.17) is 9.47 Å². The number of hydrogen-bond donors (Lipinski definition) is 2. The average Bonchev–Trinajstić information content (AvgIpc) is 3.32. The van der Waals surface area contributed by atoms with Gasteiger partial charge in [-0.25, -0.2) is 4.98 Å². The molecule has 1 fully saturated rings. The molecule has 0 radical (unpaired) electrons. The SMILES string of the molecule is Cn1c(COc2ccc(CC3SC(=O)NC3=O)cc2)nc2ccc(Oc3ccccc3O)cc21. The van der Waals surface area contributed by atoms with Crippen LogP contribution in [0.1, 0.15) is 11.4 Å². The van der Waals surface area contributed by atoms with E-state index in [-0.39, 0.29) is 28.8 Å². The van der Waals surface area contributed by atoms with Crippen molar-refractivity contribution in [2.75, 3.05) is 0 Å². The molecule has 1 saturated heterocycles. The number of para-hydroxylation sites is 2. The maximum absolute atomic E-state index is 11.7. The van der Waals surface area contributed by atoms with E-state index in [2.05, 4.69) is 10.3 Å². The molecule has 0 saturated carbocycles. The minimum absolute atomic E-state index is 0.0754. The quantitative estimate of drug-likeness (QED) is 0.404. The van der Waals surface area contributed by atoms with Crippen LogP contribution in [0.2, 0.25) is 0 Å². The van der Waals surface area contributed by atoms with Crippen molar-refractivity contribution >= 4 is 33.9 Å². The number of aryl methyl sites for hydroxylation is 1. The number of imide groups is 1. The highest BCUT2D eigenvalue weighted by Gasteiger charge is 2.31.